The topological polar surface area (TPSA) is 247 Å². The number of nitrogens with two attached hydrogens (primary N) is 1. The largest absolute Gasteiger partial charge is 0.477 e. The summed E-state index contributed by atoms with van der Waals surface area (Å²) in [6.45, 7) is 22.6. The fourth-order valence-corrected chi connectivity index (χ4v) is 15.0. The Hall–Kier alpha value is -5.32. The lowest BCUT2D eigenvalue weighted by Crippen LogP contribution is -2.38. The molecule has 5 aromatic rings. The fourth-order valence-electron chi connectivity index (χ4n) is 9.82. The van der Waals surface area contributed by atoms with Gasteiger partial charge < -0.3 is 45.1 Å². The molecule has 0 radical (unpaired) electrons. The SMILES string of the molecule is COC(=O)c1sc(C#CC(C)(C)C)cc1NC(=O)C1CCC(C)CC1.COC(=O)c1sc(I)cc1N.COC(=O)c1sc(I)cc1NC(=O)C1CCC(C)CC1.Cc1noc(C)c1CN(C(=O)C1CCC(C)CC1)c1cc(C#CC(C)(C)C)sc1C(=O)O. The molecule has 0 bridgehead atoms. The van der Waals surface area contributed by atoms with Crippen LogP contribution in [0, 0.1) is 89.6 Å². The van der Waals surface area contributed by atoms with E-state index in [0.29, 0.717) is 71.5 Å². The molecule has 3 amide bonds. The zero-order valence-corrected chi connectivity index (χ0v) is 60.3. The number of halogens is 2. The number of aromatic carboxylic acids is 1. The minimum absolute atomic E-state index is 0.00909. The molecule has 0 aromatic carbocycles. The molecule has 0 spiro atoms. The Morgan fingerprint density at radius 1 is 0.614 bits per heavy atom. The van der Waals surface area contributed by atoms with E-state index in [2.05, 4.69) is 110 Å². The van der Waals surface area contributed by atoms with E-state index >= 15 is 0 Å². The molecule has 3 aliphatic rings. The van der Waals surface area contributed by atoms with Crippen molar-refractivity contribution in [2.75, 3.05) is 42.6 Å². The Morgan fingerprint density at radius 3 is 1.42 bits per heavy atom. The number of carbonyl (C=O) groups excluding carboxylic acids is 6. The van der Waals surface area contributed by atoms with Crippen LogP contribution in [0.3, 0.4) is 0 Å². The highest BCUT2D eigenvalue weighted by atomic mass is 127. The number of aromatic nitrogens is 1. The summed E-state index contributed by atoms with van der Waals surface area (Å²) in [5.41, 5.74) is 8.69. The third kappa shape index (κ3) is 22.3. The van der Waals surface area contributed by atoms with E-state index in [-0.39, 0.29) is 63.7 Å². The van der Waals surface area contributed by atoms with Gasteiger partial charge in [0.05, 0.1) is 71.8 Å². The molecule has 3 fully saturated rings. The average Bonchev–Trinajstić information content (AvgIpc) is 3.95. The van der Waals surface area contributed by atoms with Gasteiger partial charge in [0.15, 0.2) is 0 Å². The van der Waals surface area contributed by atoms with E-state index in [0.717, 1.165) is 105 Å². The number of carboxylic acids is 1. The van der Waals surface area contributed by atoms with Crippen molar-refractivity contribution in [1.82, 2.24) is 5.16 Å². The Bertz CT molecular complexity index is 3370. The number of nitrogen functional groups attached to an aromatic ring is 1. The number of carboxylic acid groups (broad SMARTS) is 1. The number of thiophene rings is 4. The van der Waals surface area contributed by atoms with Gasteiger partial charge >= 0.3 is 23.9 Å². The Labute approximate surface area is 561 Å². The van der Waals surface area contributed by atoms with Crippen molar-refractivity contribution in [3.05, 3.63) is 76.3 Å². The van der Waals surface area contributed by atoms with Crippen molar-refractivity contribution in [3.8, 4) is 23.7 Å². The molecule has 5 N–H and O–H groups in total. The van der Waals surface area contributed by atoms with Gasteiger partial charge in [0.1, 0.15) is 25.3 Å². The maximum Gasteiger partial charge on any atom is 0.350 e. The summed E-state index contributed by atoms with van der Waals surface area (Å²) >= 11 is 9.29. The minimum Gasteiger partial charge on any atom is -0.477 e. The lowest BCUT2D eigenvalue weighted by Gasteiger charge is -2.31. The highest BCUT2D eigenvalue weighted by molar-refractivity contribution is 14.1. The van der Waals surface area contributed by atoms with Crippen LogP contribution < -0.4 is 21.3 Å². The van der Waals surface area contributed by atoms with Gasteiger partial charge in [-0.25, -0.2) is 19.2 Å². The third-order valence-corrected chi connectivity index (χ3v) is 20.8. The van der Waals surface area contributed by atoms with Crippen molar-refractivity contribution in [2.24, 2.45) is 46.3 Å². The van der Waals surface area contributed by atoms with Crippen LogP contribution in [-0.4, -0.2) is 73.2 Å². The van der Waals surface area contributed by atoms with E-state index in [9.17, 15) is 38.7 Å². The molecule has 88 heavy (non-hydrogen) atoms. The number of rotatable bonds is 12. The van der Waals surface area contributed by atoms with Crippen LogP contribution >= 0.6 is 90.5 Å². The van der Waals surface area contributed by atoms with Crippen molar-refractivity contribution in [1.29, 1.82) is 0 Å². The lowest BCUT2D eigenvalue weighted by atomic mass is 9.82. The molecule has 0 aliphatic heterocycles. The van der Waals surface area contributed by atoms with Gasteiger partial charge in [-0.2, -0.15) is 0 Å². The van der Waals surface area contributed by atoms with Crippen molar-refractivity contribution in [2.45, 2.75) is 160 Å². The van der Waals surface area contributed by atoms with Crippen LogP contribution in [0.2, 0.25) is 0 Å². The van der Waals surface area contributed by atoms with E-state index in [1.165, 1.54) is 55.3 Å². The number of aryl methyl sites for hydroxylation is 2. The number of anilines is 4. The first-order valence-corrected chi connectivity index (χ1v) is 34.7. The standard InChI is InChI=1S/C25H32N2O4S.C20H27NO3S.C14H18INO3S.C6H6INO2S/c1-15-7-9-18(10-8-15)23(28)27(14-20-16(2)26-31-17(20)3)21-13-19(11-12-25(4,5)6)32-22(21)24(29)30;1-13-6-8-14(9-7-13)18(22)21-16-12-15(10-11-20(2,3)4)25-17(16)19(23)24-5;1-8-3-5-9(6-4-8)13(17)16-10-7-11(15)20-12(10)14(18)19-2;1-10-6(9)5-3(8)2-4(7)11-5/h13,15,18H,7-10,14H2,1-6H3,(H,29,30);12-14H,6-9H2,1-5H3,(H,21,22);7-9H,3-6H2,1-2H3,(H,16,17);2H,8H2,1H3. The van der Waals surface area contributed by atoms with Gasteiger partial charge in [0.25, 0.3) is 0 Å². The third-order valence-electron chi connectivity index (χ3n) is 15.0. The van der Waals surface area contributed by atoms with Crippen LogP contribution in [-0.2, 0) is 35.1 Å². The fraction of sp³-hybridized carbons (Fsp3) is 0.538. The van der Waals surface area contributed by atoms with Crippen molar-refractivity contribution >= 4 is 155 Å². The molecule has 0 unspecified atom stereocenters. The maximum atomic E-state index is 13.7. The number of carbonyl (C=O) groups is 7. The monoisotopic (exact) mass is 1510 g/mol. The molecule has 478 valence electrons. The summed E-state index contributed by atoms with van der Waals surface area (Å²) in [7, 11) is 4.04. The van der Waals surface area contributed by atoms with Gasteiger partial charge in [-0.15, -0.1) is 45.3 Å². The summed E-state index contributed by atoms with van der Waals surface area (Å²) in [6, 6.07) is 7.09. The number of nitrogens with zero attached hydrogens (tertiary/aromatic N) is 2. The first-order valence-electron chi connectivity index (χ1n) is 29.3. The molecule has 0 atom stereocenters. The number of methoxy groups -OCH3 is 3. The normalized spacial score (nSPS) is 18.9. The maximum absolute atomic E-state index is 13.7. The van der Waals surface area contributed by atoms with Crippen LogP contribution in [0.15, 0.2) is 28.8 Å². The molecule has 5 aromatic heterocycles. The summed E-state index contributed by atoms with van der Waals surface area (Å²) in [4.78, 5) is 89.8. The van der Waals surface area contributed by atoms with Gasteiger partial charge in [0, 0.05) is 34.1 Å². The summed E-state index contributed by atoms with van der Waals surface area (Å²) < 4.78 is 21.4. The second-order valence-corrected chi connectivity index (χ2v) is 32.7. The molecule has 3 aliphatic carbocycles. The zero-order valence-electron chi connectivity index (χ0n) is 52.8. The first kappa shape index (κ1) is 73.4. The lowest BCUT2D eigenvalue weighted by molar-refractivity contribution is -0.124. The Balaban J connectivity index is 0.000000226. The summed E-state index contributed by atoms with van der Waals surface area (Å²) in [6.07, 6.45) is 11.7. The predicted octanol–water partition coefficient (Wildman–Crippen LogP) is 16.1. The van der Waals surface area contributed by atoms with E-state index in [1.54, 1.807) is 23.1 Å². The molecule has 0 saturated heterocycles. The second kappa shape index (κ2) is 33.7. The number of hydrogen-bond acceptors (Lipinski definition) is 17. The Morgan fingerprint density at radius 2 is 1.01 bits per heavy atom. The zero-order chi connectivity index (χ0) is 65.4. The number of amides is 3. The van der Waals surface area contributed by atoms with Gasteiger partial charge in [-0.3, -0.25) is 14.4 Å². The van der Waals surface area contributed by atoms with Crippen molar-refractivity contribution in [3.63, 3.8) is 0 Å². The van der Waals surface area contributed by atoms with Crippen molar-refractivity contribution < 1.29 is 57.4 Å². The molecule has 3 saturated carbocycles. The number of nitrogens with one attached hydrogen (secondary N) is 2. The van der Waals surface area contributed by atoms with E-state index in [1.807, 2.05) is 61.5 Å². The number of esters is 3. The van der Waals surface area contributed by atoms with E-state index < -0.39 is 17.9 Å². The smallest absolute Gasteiger partial charge is 0.350 e. The van der Waals surface area contributed by atoms with Crippen LogP contribution in [0.5, 0.6) is 0 Å². The van der Waals surface area contributed by atoms with Crippen LogP contribution in [0.25, 0.3) is 0 Å². The van der Waals surface area contributed by atoms with Gasteiger partial charge in [0.2, 0.25) is 17.7 Å². The molecule has 23 heteroatoms. The summed E-state index contributed by atoms with van der Waals surface area (Å²) in [5, 5.41) is 19.8. The predicted molar refractivity (Wildman–Crippen MR) is 369 cm³/mol. The highest BCUT2D eigenvalue weighted by Gasteiger charge is 2.34. The molecular formula is C65H83I2N5O12S4. The van der Waals surface area contributed by atoms with Gasteiger partial charge in [-0.1, -0.05) is 49.6 Å². The minimum atomic E-state index is -1.05. The van der Waals surface area contributed by atoms with Crippen LogP contribution in [0.4, 0.5) is 22.7 Å². The first-order chi connectivity index (χ1) is 41.3. The number of ether oxygens (including phenoxy) is 3. The van der Waals surface area contributed by atoms with Gasteiger partial charge in [-0.05, 0) is 220 Å². The molecule has 17 nitrogen and oxygen atoms in total. The molecule has 8 rings (SSSR count). The number of hydrogen-bond donors (Lipinski definition) is 4. The molecule has 5 heterocycles. The Kier molecular flexibility index (Phi) is 28.1. The second-order valence-electron chi connectivity index (χ2n) is 24.7. The average molecular weight is 1510 g/mol. The van der Waals surface area contributed by atoms with Crippen LogP contribution in [0.1, 0.15) is 205 Å². The summed E-state index contributed by atoms with van der Waals surface area (Å²) in [5.74, 6) is 12.8. The highest BCUT2D eigenvalue weighted by Crippen LogP contribution is 2.38. The quantitative estimate of drug-likeness (QED) is 0.0393. The van der Waals surface area contributed by atoms with E-state index in [4.69, 9.17) is 19.7 Å². The molecular weight excluding hydrogens is 1420 g/mol.